The molecule has 142 valence electrons. The van der Waals surface area contributed by atoms with Crippen molar-refractivity contribution >= 4 is 17.6 Å². The van der Waals surface area contributed by atoms with Gasteiger partial charge in [-0.05, 0) is 36.8 Å². The number of halogens is 1. The molecule has 5 nitrogen and oxygen atoms in total. The van der Waals surface area contributed by atoms with Crippen molar-refractivity contribution in [2.24, 2.45) is 0 Å². The van der Waals surface area contributed by atoms with Gasteiger partial charge in [0, 0.05) is 31.9 Å². The number of carbonyl (C=O) groups excluding carboxylic acids is 2. The van der Waals surface area contributed by atoms with Crippen LogP contribution in [0.2, 0.25) is 0 Å². The van der Waals surface area contributed by atoms with E-state index in [9.17, 15) is 14.0 Å². The lowest BCUT2D eigenvalue weighted by Crippen LogP contribution is -2.51. The van der Waals surface area contributed by atoms with Crippen LogP contribution in [0.3, 0.4) is 0 Å². The Bertz CT molecular complexity index is 789. The summed E-state index contributed by atoms with van der Waals surface area (Å²) < 4.78 is 18.4. The van der Waals surface area contributed by atoms with Crippen LogP contribution in [0.25, 0.3) is 0 Å². The fraction of sp³-hybridized carbons (Fsp3) is 0.333. The zero-order chi connectivity index (χ0) is 19.2. The molecule has 1 aliphatic heterocycles. The van der Waals surface area contributed by atoms with E-state index >= 15 is 0 Å². The van der Waals surface area contributed by atoms with Gasteiger partial charge in [-0.1, -0.05) is 30.3 Å². The normalized spacial score (nSPS) is 15.3. The maximum atomic E-state index is 13.2. The third-order valence-electron chi connectivity index (χ3n) is 4.61. The van der Waals surface area contributed by atoms with Crippen LogP contribution >= 0.6 is 0 Å². The van der Waals surface area contributed by atoms with Crippen molar-refractivity contribution in [3.8, 4) is 0 Å². The van der Waals surface area contributed by atoms with Crippen LogP contribution in [0.5, 0.6) is 0 Å². The van der Waals surface area contributed by atoms with Crippen molar-refractivity contribution in [3.63, 3.8) is 0 Å². The van der Waals surface area contributed by atoms with Crippen LogP contribution in [0, 0.1) is 5.82 Å². The van der Waals surface area contributed by atoms with Gasteiger partial charge in [-0.15, -0.1) is 0 Å². The number of ether oxygens (including phenoxy) is 1. The Morgan fingerprint density at radius 1 is 1.04 bits per heavy atom. The number of nitrogens with zero attached hydrogens (tertiary/aromatic N) is 2. The molecule has 0 saturated carbocycles. The molecule has 27 heavy (non-hydrogen) atoms. The molecule has 3 rings (SSSR count). The van der Waals surface area contributed by atoms with Crippen LogP contribution in [-0.4, -0.2) is 49.1 Å². The molecule has 0 aliphatic carbocycles. The molecule has 0 radical (unpaired) electrons. The van der Waals surface area contributed by atoms with Crippen LogP contribution < -0.4 is 4.90 Å². The zero-order valence-electron chi connectivity index (χ0n) is 15.3. The Morgan fingerprint density at radius 3 is 2.41 bits per heavy atom. The van der Waals surface area contributed by atoms with Gasteiger partial charge in [0.25, 0.3) is 5.91 Å². The van der Waals surface area contributed by atoms with E-state index in [1.165, 1.54) is 12.1 Å². The van der Waals surface area contributed by atoms with Gasteiger partial charge >= 0.3 is 5.97 Å². The average Bonchev–Trinajstić information content (AvgIpc) is 2.68. The maximum Gasteiger partial charge on any atom is 0.311 e. The molecule has 6 heteroatoms. The minimum atomic E-state index is -0.852. The Kier molecular flexibility index (Phi) is 6.06. The van der Waals surface area contributed by atoms with E-state index in [1.807, 2.05) is 30.3 Å². The molecule has 2 aromatic carbocycles. The lowest BCUT2D eigenvalue weighted by Gasteiger charge is -2.37. The maximum absolute atomic E-state index is 13.2. The predicted octanol–water partition coefficient (Wildman–Crippen LogP) is 2.65. The number of esters is 1. The molecule has 0 unspecified atom stereocenters. The molecule has 0 spiro atoms. The van der Waals surface area contributed by atoms with Gasteiger partial charge in [-0.2, -0.15) is 0 Å². The van der Waals surface area contributed by atoms with E-state index < -0.39 is 17.9 Å². The highest BCUT2D eigenvalue weighted by Gasteiger charge is 2.27. The summed E-state index contributed by atoms with van der Waals surface area (Å²) >= 11 is 0. The van der Waals surface area contributed by atoms with E-state index in [1.54, 1.807) is 24.0 Å². The Balaban J connectivity index is 1.48. The van der Waals surface area contributed by atoms with Crippen molar-refractivity contribution in [2.45, 2.75) is 19.4 Å². The number of amides is 1. The number of hydrogen-bond acceptors (Lipinski definition) is 4. The van der Waals surface area contributed by atoms with E-state index in [4.69, 9.17) is 4.74 Å². The highest BCUT2D eigenvalue weighted by Crippen LogP contribution is 2.16. The van der Waals surface area contributed by atoms with Crippen LogP contribution in [0.15, 0.2) is 54.6 Å². The van der Waals surface area contributed by atoms with Gasteiger partial charge in [0.2, 0.25) is 0 Å². The molecule has 1 fully saturated rings. The first-order valence-corrected chi connectivity index (χ1v) is 9.05. The topological polar surface area (TPSA) is 49.9 Å². The number of rotatable bonds is 5. The minimum absolute atomic E-state index is 0.0584. The first kappa shape index (κ1) is 18.9. The number of carbonyl (C=O) groups is 2. The molecule has 2 aromatic rings. The van der Waals surface area contributed by atoms with Crippen molar-refractivity contribution in [3.05, 3.63) is 66.0 Å². The fourth-order valence-corrected chi connectivity index (χ4v) is 3.18. The quantitative estimate of drug-likeness (QED) is 0.760. The van der Waals surface area contributed by atoms with Crippen LogP contribution in [0.1, 0.15) is 12.5 Å². The fourth-order valence-electron chi connectivity index (χ4n) is 3.18. The summed E-state index contributed by atoms with van der Waals surface area (Å²) in [6.07, 6.45) is -0.911. The van der Waals surface area contributed by atoms with Crippen molar-refractivity contribution < 1.29 is 18.7 Å². The first-order valence-electron chi connectivity index (χ1n) is 9.05. The molecular weight excluding hydrogens is 347 g/mol. The van der Waals surface area contributed by atoms with Crippen molar-refractivity contribution in [1.29, 1.82) is 0 Å². The molecule has 1 saturated heterocycles. The molecule has 1 heterocycles. The molecule has 0 aromatic heterocycles. The zero-order valence-corrected chi connectivity index (χ0v) is 15.3. The third kappa shape index (κ3) is 5.06. The van der Waals surface area contributed by atoms with E-state index in [2.05, 4.69) is 4.90 Å². The van der Waals surface area contributed by atoms with Crippen molar-refractivity contribution in [2.75, 3.05) is 31.1 Å². The Hall–Kier alpha value is -2.89. The van der Waals surface area contributed by atoms with Gasteiger partial charge in [0.1, 0.15) is 5.82 Å². The third-order valence-corrected chi connectivity index (χ3v) is 4.61. The van der Waals surface area contributed by atoms with Gasteiger partial charge in [-0.3, -0.25) is 9.59 Å². The minimum Gasteiger partial charge on any atom is -0.452 e. The molecule has 1 aliphatic rings. The highest BCUT2D eigenvalue weighted by molar-refractivity contribution is 5.84. The van der Waals surface area contributed by atoms with Crippen LogP contribution in [-0.2, 0) is 20.7 Å². The van der Waals surface area contributed by atoms with E-state index in [0.29, 0.717) is 18.7 Å². The number of para-hydroxylation sites is 1. The second-order valence-electron chi connectivity index (χ2n) is 6.59. The summed E-state index contributed by atoms with van der Waals surface area (Å²) in [7, 11) is 0. The lowest BCUT2D eigenvalue weighted by atomic mass is 10.1. The van der Waals surface area contributed by atoms with Gasteiger partial charge in [0.05, 0.1) is 6.42 Å². The Labute approximate surface area is 158 Å². The largest absolute Gasteiger partial charge is 0.452 e. The second-order valence-corrected chi connectivity index (χ2v) is 6.59. The Morgan fingerprint density at radius 2 is 1.74 bits per heavy atom. The molecular formula is C21H23FN2O3. The lowest BCUT2D eigenvalue weighted by molar-refractivity contribution is -0.158. The number of hydrogen-bond donors (Lipinski definition) is 0. The predicted molar refractivity (Wildman–Crippen MR) is 101 cm³/mol. The van der Waals surface area contributed by atoms with E-state index in [-0.39, 0.29) is 12.3 Å². The summed E-state index contributed by atoms with van der Waals surface area (Å²) in [6.45, 7) is 4.22. The highest BCUT2D eigenvalue weighted by atomic mass is 19.1. The summed E-state index contributed by atoms with van der Waals surface area (Å²) in [5, 5.41) is 0. The van der Waals surface area contributed by atoms with Gasteiger partial charge in [-0.25, -0.2) is 4.39 Å². The average molecular weight is 370 g/mol. The summed E-state index contributed by atoms with van der Waals surface area (Å²) in [4.78, 5) is 28.5. The number of benzene rings is 2. The first-order chi connectivity index (χ1) is 13.0. The molecule has 1 atom stereocenters. The van der Waals surface area contributed by atoms with Crippen molar-refractivity contribution in [1.82, 2.24) is 4.90 Å². The summed E-state index contributed by atoms with van der Waals surface area (Å²) in [6, 6.07) is 15.9. The molecule has 0 N–H and O–H groups in total. The van der Waals surface area contributed by atoms with Gasteiger partial charge in [0.15, 0.2) is 6.10 Å². The summed E-state index contributed by atoms with van der Waals surface area (Å²) in [5.41, 5.74) is 1.66. The molecule has 0 bridgehead atoms. The van der Waals surface area contributed by atoms with E-state index in [0.717, 1.165) is 18.8 Å². The monoisotopic (exact) mass is 370 g/mol. The number of anilines is 1. The smallest absolute Gasteiger partial charge is 0.311 e. The standard InChI is InChI=1S/C21H23FN2O3/c1-16(27-20(25)15-17-6-5-7-18(22)14-17)21(26)24-12-10-23(11-13-24)19-8-3-2-4-9-19/h2-9,14,16H,10-13,15H2,1H3/t16-/m1/s1. The van der Waals surface area contributed by atoms with Crippen LogP contribution in [0.4, 0.5) is 10.1 Å². The summed E-state index contributed by atoms with van der Waals surface area (Å²) in [5.74, 6) is -1.14. The number of piperazine rings is 1. The second kappa shape index (κ2) is 8.66. The van der Waals surface area contributed by atoms with Gasteiger partial charge < -0.3 is 14.5 Å². The molecule has 1 amide bonds. The SMILES string of the molecule is C[C@@H](OC(=O)Cc1cccc(F)c1)C(=O)N1CCN(c2ccccc2)CC1.